The van der Waals surface area contributed by atoms with Gasteiger partial charge in [0.1, 0.15) is 0 Å². The van der Waals surface area contributed by atoms with E-state index in [0.717, 1.165) is 26.1 Å². The standard InChI is InChI=1S/C15H26N4/c1-4-14(16)15(13-6-5-7-17-10-13)19-9-8-18(3)12(2)11-19/h5-7,10,12,14-15H,4,8-9,11,16H2,1-3H3. The Balaban J connectivity index is 2.19. The maximum Gasteiger partial charge on any atom is 0.0515 e. The Morgan fingerprint density at radius 2 is 2.26 bits per heavy atom. The van der Waals surface area contributed by atoms with Gasteiger partial charge in [-0.2, -0.15) is 0 Å². The van der Waals surface area contributed by atoms with Gasteiger partial charge < -0.3 is 10.6 Å². The molecule has 0 bridgehead atoms. The Morgan fingerprint density at radius 3 is 2.84 bits per heavy atom. The SMILES string of the molecule is CCC(N)C(c1cccnc1)N1CCN(C)C(C)C1. The Hall–Kier alpha value is -0.970. The predicted octanol–water partition coefficient (Wildman–Crippen LogP) is 1.50. The molecule has 1 aliphatic heterocycles. The van der Waals surface area contributed by atoms with E-state index in [0.29, 0.717) is 6.04 Å². The third-order valence-electron chi connectivity index (χ3n) is 4.29. The molecule has 1 aromatic heterocycles. The number of hydrogen-bond acceptors (Lipinski definition) is 4. The van der Waals surface area contributed by atoms with Gasteiger partial charge in [0.05, 0.1) is 6.04 Å². The van der Waals surface area contributed by atoms with Crippen LogP contribution in [0.4, 0.5) is 0 Å². The molecule has 0 aliphatic carbocycles. The summed E-state index contributed by atoms with van der Waals surface area (Å²) in [6.45, 7) is 7.70. The van der Waals surface area contributed by atoms with Crippen LogP contribution in [0.25, 0.3) is 0 Å². The van der Waals surface area contributed by atoms with Crippen LogP contribution in [0.3, 0.4) is 0 Å². The van der Waals surface area contributed by atoms with Crippen LogP contribution in [-0.4, -0.2) is 53.5 Å². The molecule has 1 aliphatic rings. The Labute approximate surface area is 116 Å². The zero-order valence-electron chi connectivity index (χ0n) is 12.3. The number of likely N-dealkylation sites (N-methyl/N-ethyl adjacent to an activating group) is 1. The first kappa shape index (κ1) is 14.4. The van der Waals surface area contributed by atoms with E-state index in [4.69, 9.17) is 5.73 Å². The van der Waals surface area contributed by atoms with E-state index in [-0.39, 0.29) is 12.1 Å². The molecule has 4 heteroatoms. The van der Waals surface area contributed by atoms with Gasteiger partial charge in [0.15, 0.2) is 0 Å². The molecule has 3 unspecified atom stereocenters. The zero-order valence-corrected chi connectivity index (χ0v) is 12.3. The van der Waals surface area contributed by atoms with Gasteiger partial charge >= 0.3 is 0 Å². The third-order valence-corrected chi connectivity index (χ3v) is 4.29. The van der Waals surface area contributed by atoms with Gasteiger partial charge in [0.2, 0.25) is 0 Å². The van der Waals surface area contributed by atoms with Crippen molar-refractivity contribution in [3.63, 3.8) is 0 Å². The summed E-state index contributed by atoms with van der Waals surface area (Å²) in [4.78, 5) is 9.19. The van der Waals surface area contributed by atoms with E-state index in [1.165, 1.54) is 5.56 Å². The lowest BCUT2D eigenvalue weighted by Gasteiger charge is -2.43. The van der Waals surface area contributed by atoms with Gasteiger partial charge in [-0.05, 0) is 32.0 Å². The quantitative estimate of drug-likeness (QED) is 0.893. The van der Waals surface area contributed by atoms with Crippen LogP contribution in [0.2, 0.25) is 0 Å². The molecule has 3 atom stereocenters. The van der Waals surface area contributed by atoms with Gasteiger partial charge in [-0.25, -0.2) is 0 Å². The molecule has 106 valence electrons. The minimum atomic E-state index is 0.166. The van der Waals surface area contributed by atoms with Crippen molar-refractivity contribution in [1.29, 1.82) is 0 Å². The fraction of sp³-hybridized carbons (Fsp3) is 0.667. The number of piperazine rings is 1. The summed E-state index contributed by atoms with van der Waals surface area (Å²) in [5, 5.41) is 0. The van der Waals surface area contributed by atoms with Crippen LogP contribution in [0.15, 0.2) is 24.5 Å². The van der Waals surface area contributed by atoms with Crippen molar-refractivity contribution < 1.29 is 0 Å². The molecule has 0 amide bonds. The minimum absolute atomic E-state index is 0.166. The molecule has 4 nitrogen and oxygen atoms in total. The Kier molecular flexibility index (Phi) is 4.91. The number of rotatable bonds is 4. The molecule has 2 heterocycles. The molecule has 1 saturated heterocycles. The molecular formula is C15H26N4. The number of hydrogen-bond donors (Lipinski definition) is 1. The van der Waals surface area contributed by atoms with Crippen LogP contribution in [0, 0.1) is 0 Å². The first-order valence-corrected chi connectivity index (χ1v) is 7.23. The lowest BCUT2D eigenvalue weighted by molar-refractivity contribution is 0.0610. The molecule has 0 spiro atoms. The monoisotopic (exact) mass is 262 g/mol. The van der Waals surface area contributed by atoms with Crippen molar-refractivity contribution in [2.24, 2.45) is 5.73 Å². The zero-order chi connectivity index (χ0) is 13.8. The maximum absolute atomic E-state index is 6.38. The molecule has 1 aromatic rings. The topological polar surface area (TPSA) is 45.4 Å². The van der Waals surface area contributed by atoms with Gasteiger partial charge in [-0.3, -0.25) is 9.88 Å². The summed E-state index contributed by atoms with van der Waals surface area (Å²) in [5.74, 6) is 0. The molecule has 0 aromatic carbocycles. The molecular weight excluding hydrogens is 236 g/mol. The Morgan fingerprint density at radius 1 is 1.47 bits per heavy atom. The molecule has 1 fully saturated rings. The highest BCUT2D eigenvalue weighted by Crippen LogP contribution is 2.26. The highest BCUT2D eigenvalue weighted by Gasteiger charge is 2.30. The van der Waals surface area contributed by atoms with E-state index in [2.05, 4.69) is 41.7 Å². The van der Waals surface area contributed by atoms with Crippen molar-refractivity contribution in [3.8, 4) is 0 Å². The molecule has 0 radical (unpaired) electrons. The largest absolute Gasteiger partial charge is 0.326 e. The van der Waals surface area contributed by atoms with E-state index in [1.54, 1.807) is 0 Å². The predicted molar refractivity (Wildman–Crippen MR) is 78.9 cm³/mol. The number of nitrogens with zero attached hydrogens (tertiary/aromatic N) is 3. The van der Waals surface area contributed by atoms with Gasteiger partial charge in [-0.1, -0.05) is 13.0 Å². The number of nitrogens with two attached hydrogens (primary N) is 1. The van der Waals surface area contributed by atoms with E-state index in [1.807, 2.05) is 18.5 Å². The summed E-state index contributed by atoms with van der Waals surface area (Å²) in [7, 11) is 2.20. The fourth-order valence-corrected chi connectivity index (χ4v) is 2.83. The van der Waals surface area contributed by atoms with E-state index >= 15 is 0 Å². The summed E-state index contributed by atoms with van der Waals surface area (Å²) in [6, 6.07) is 5.19. The first-order valence-electron chi connectivity index (χ1n) is 7.23. The second kappa shape index (κ2) is 6.46. The molecule has 2 rings (SSSR count). The van der Waals surface area contributed by atoms with E-state index < -0.39 is 0 Å². The number of pyridine rings is 1. The third kappa shape index (κ3) is 3.32. The van der Waals surface area contributed by atoms with Crippen LogP contribution in [0.5, 0.6) is 0 Å². The second-order valence-electron chi connectivity index (χ2n) is 5.63. The lowest BCUT2D eigenvalue weighted by atomic mass is 9.96. The average molecular weight is 262 g/mol. The van der Waals surface area contributed by atoms with Crippen molar-refractivity contribution >= 4 is 0 Å². The number of aromatic nitrogens is 1. The lowest BCUT2D eigenvalue weighted by Crippen LogP contribution is -2.54. The highest BCUT2D eigenvalue weighted by atomic mass is 15.3. The molecule has 19 heavy (non-hydrogen) atoms. The summed E-state index contributed by atoms with van der Waals surface area (Å²) in [5.41, 5.74) is 7.62. The highest BCUT2D eigenvalue weighted by molar-refractivity contribution is 5.16. The van der Waals surface area contributed by atoms with Gasteiger partial charge in [0.25, 0.3) is 0 Å². The van der Waals surface area contributed by atoms with Crippen molar-refractivity contribution in [2.45, 2.75) is 38.4 Å². The molecule has 2 N–H and O–H groups in total. The van der Waals surface area contributed by atoms with Crippen LogP contribution >= 0.6 is 0 Å². The Bertz CT molecular complexity index is 381. The van der Waals surface area contributed by atoms with Gasteiger partial charge in [-0.15, -0.1) is 0 Å². The minimum Gasteiger partial charge on any atom is -0.326 e. The van der Waals surface area contributed by atoms with Crippen molar-refractivity contribution in [2.75, 3.05) is 26.7 Å². The second-order valence-corrected chi connectivity index (χ2v) is 5.63. The smallest absolute Gasteiger partial charge is 0.0515 e. The van der Waals surface area contributed by atoms with Gasteiger partial charge in [0, 0.05) is 44.1 Å². The molecule has 0 saturated carbocycles. The van der Waals surface area contributed by atoms with E-state index in [9.17, 15) is 0 Å². The van der Waals surface area contributed by atoms with Crippen LogP contribution in [-0.2, 0) is 0 Å². The fourth-order valence-electron chi connectivity index (χ4n) is 2.83. The summed E-state index contributed by atoms with van der Waals surface area (Å²) in [6.07, 6.45) is 4.77. The summed E-state index contributed by atoms with van der Waals surface area (Å²) < 4.78 is 0. The van der Waals surface area contributed by atoms with Crippen LogP contribution in [0.1, 0.15) is 31.9 Å². The maximum atomic E-state index is 6.38. The first-order chi connectivity index (χ1) is 9.13. The normalized spacial score (nSPS) is 25.2. The van der Waals surface area contributed by atoms with Crippen molar-refractivity contribution in [1.82, 2.24) is 14.8 Å². The van der Waals surface area contributed by atoms with Crippen LogP contribution < -0.4 is 5.73 Å². The average Bonchev–Trinajstić information content (AvgIpc) is 2.44. The summed E-state index contributed by atoms with van der Waals surface area (Å²) >= 11 is 0. The van der Waals surface area contributed by atoms with Crippen molar-refractivity contribution in [3.05, 3.63) is 30.1 Å².